The molecule has 0 heterocycles. The van der Waals surface area contributed by atoms with Gasteiger partial charge in [0, 0.05) is 12.1 Å². The van der Waals surface area contributed by atoms with Gasteiger partial charge in [-0.05, 0) is 30.2 Å². The first-order valence-electron chi connectivity index (χ1n) is 7.51. The molecule has 1 amide bonds. The zero-order chi connectivity index (χ0) is 17.4. The van der Waals surface area contributed by atoms with Crippen LogP contribution in [0.15, 0.2) is 48.5 Å². The maximum absolute atomic E-state index is 12.1. The average Bonchev–Trinajstić information content (AvgIpc) is 2.56. The van der Waals surface area contributed by atoms with E-state index in [1.165, 1.54) is 12.1 Å². The molecule has 2 aromatic carbocycles. The Hall–Kier alpha value is -2.63. The molecule has 0 saturated carbocycles. The van der Waals surface area contributed by atoms with Crippen LogP contribution >= 0.6 is 0 Å². The largest absolute Gasteiger partial charge is 0.496 e. The fraction of sp³-hybridized carbons (Fsp3) is 0.278. The molecular formula is C18H19F2NO3. The van der Waals surface area contributed by atoms with Crippen LogP contribution in [0.25, 0.3) is 0 Å². The third kappa shape index (κ3) is 5.53. The molecule has 6 heteroatoms. The highest BCUT2D eigenvalue weighted by molar-refractivity contribution is 5.79. The number of ether oxygens (including phenoxy) is 2. The number of benzene rings is 2. The van der Waals surface area contributed by atoms with Crippen molar-refractivity contribution in [3.63, 3.8) is 0 Å². The number of para-hydroxylation sites is 1. The molecular weight excluding hydrogens is 316 g/mol. The summed E-state index contributed by atoms with van der Waals surface area (Å²) in [4.78, 5) is 12.0. The van der Waals surface area contributed by atoms with Crippen molar-refractivity contribution in [3.8, 4) is 11.5 Å². The van der Waals surface area contributed by atoms with Crippen molar-refractivity contribution in [2.24, 2.45) is 0 Å². The number of halogens is 2. The van der Waals surface area contributed by atoms with E-state index in [0.717, 1.165) is 11.1 Å². The molecule has 0 fully saturated rings. The highest BCUT2D eigenvalue weighted by Crippen LogP contribution is 2.18. The summed E-state index contributed by atoms with van der Waals surface area (Å²) in [7, 11) is 1.57. The van der Waals surface area contributed by atoms with Gasteiger partial charge in [-0.3, -0.25) is 4.79 Å². The quantitative estimate of drug-likeness (QED) is 0.806. The van der Waals surface area contributed by atoms with Gasteiger partial charge in [0.2, 0.25) is 5.91 Å². The van der Waals surface area contributed by atoms with E-state index in [9.17, 15) is 13.6 Å². The molecule has 4 nitrogen and oxygen atoms in total. The zero-order valence-corrected chi connectivity index (χ0v) is 13.3. The minimum absolute atomic E-state index is 0.0999. The van der Waals surface area contributed by atoms with Gasteiger partial charge in [0.05, 0.1) is 13.5 Å². The molecule has 128 valence electrons. The van der Waals surface area contributed by atoms with E-state index in [0.29, 0.717) is 18.7 Å². The Balaban J connectivity index is 1.78. The van der Waals surface area contributed by atoms with Gasteiger partial charge in [0.15, 0.2) is 0 Å². The summed E-state index contributed by atoms with van der Waals surface area (Å²) in [5.41, 5.74) is 1.75. The van der Waals surface area contributed by atoms with E-state index in [1.54, 1.807) is 19.2 Å². The Morgan fingerprint density at radius 2 is 1.83 bits per heavy atom. The number of rotatable bonds is 8. The molecule has 0 aliphatic rings. The van der Waals surface area contributed by atoms with Crippen LogP contribution < -0.4 is 14.8 Å². The van der Waals surface area contributed by atoms with Gasteiger partial charge < -0.3 is 14.8 Å². The summed E-state index contributed by atoms with van der Waals surface area (Å²) in [6.07, 6.45) is 0.845. The Bertz CT molecular complexity index is 660. The van der Waals surface area contributed by atoms with E-state index in [1.807, 2.05) is 24.3 Å². The van der Waals surface area contributed by atoms with Gasteiger partial charge in [-0.2, -0.15) is 8.78 Å². The van der Waals surface area contributed by atoms with E-state index in [-0.39, 0.29) is 18.1 Å². The van der Waals surface area contributed by atoms with E-state index < -0.39 is 6.61 Å². The molecule has 2 aromatic rings. The number of carbonyl (C=O) groups excluding carboxylic acids is 1. The monoisotopic (exact) mass is 335 g/mol. The Morgan fingerprint density at radius 1 is 1.12 bits per heavy atom. The molecule has 0 aromatic heterocycles. The molecule has 24 heavy (non-hydrogen) atoms. The number of carbonyl (C=O) groups is 1. The Labute approximate surface area is 139 Å². The van der Waals surface area contributed by atoms with Gasteiger partial charge in [0.1, 0.15) is 11.5 Å². The normalized spacial score (nSPS) is 10.5. The molecule has 0 radical (unpaired) electrons. The van der Waals surface area contributed by atoms with Crippen LogP contribution in [0, 0.1) is 0 Å². The van der Waals surface area contributed by atoms with Crippen LogP contribution in [-0.2, 0) is 17.6 Å². The average molecular weight is 335 g/mol. The smallest absolute Gasteiger partial charge is 0.387 e. The SMILES string of the molecule is COc1ccccc1CC(=O)NCCc1ccc(OC(F)F)cc1. The summed E-state index contributed by atoms with van der Waals surface area (Å²) < 4.78 is 33.6. The predicted molar refractivity (Wildman–Crippen MR) is 86.5 cm³/mol. The lowest BCUT2D eigenvalue weighted by Crippen LogP contribution is -2.27. The number of methoxy groups -OCH3 is 1. The summed E-state index contributed by atoms with van der Waals surface area (Å²) in [5, 5.41) is 2.83. The highest BCUT2D eigenvalue weighted by atomic mass is 19.3. The lowest BCUT2D eigenvalue weighted by Gasteiger charge is -2.09. The van der Waals surface area contributed by atoms with Gasteiger partial charge in [0.25, 0.3) is 0 Å². The lowest BCUT2D eigenvalue weighted by molar-refractivity contribution is -0.120. The standard InChI is InChI=1S/C18H19F2NO3/c1-23-16-5-3-2-4-14(16)12-17(22)21-11-10-13-6-8-15(9-7-13)24-18(19)20/h2-9,18H,10-12H2,1H3,(H,21,22). The van der Waals surface area contributed by atoms with Crippen LogP contribution in [0.3, 0.4) is 0 Å². The molecule has 2 rings (SSSR count). The Morgan fingerprint density at radius 3 is 2.50 bits per heavy atom. The second-order valence-electron chi connectivity index (χ2n) is 5.11. The van der Waals surface area contributed by atoms with Crippen LogP contribution in [0.1, 0.15) is 11.1 Å². The van der Waals surface area contributed by atoms with Crippen molar-refractivity contribution >= 4 is 5.91 Å². The van der Waals surface area contributed by atoms with Crippen LogP contribution in [0.4, 0.5) is 8.78 Å². The predicted octanol–water partition coefficient (Wildman–Crippen LogP) is 3.20. The summed E-state index contributed by atoms with van der Waals surface area (Å²) >= 11 is 0. The molecule has 0 saturated heterocycles. The second-order valence-corrected chi connectivity index (χ2v) is 5.11. The molecule has 0 aliphatic carbocycles. The number of nitrogens with one attached hydrogen (secondary N) is 1. The summed E-state index contributed by atoms with van der Waals surface area (Å²) in [6.45, 7) is -2.37. The van der Waals surface area contributed by atoms with Gasteiger partial charge in [-0.25, -0.2) is 0 Å². The van der Waals surface area contributed by atoms with Gasteiger partial charge >= 0.3 is 6.61 Å². The van der Waals surface area contributed by atoms with Crippen molar-refractivity contribution in [3.05, 3.63) is 59.7 Å². The van der Waals surface area contributed by atoms with Gasteiger partial charge in [-0.15, -0.1) is 0 Å². The first-order valence-corrected chi connectivity index (χ1v) is 7.51. The number of alkyl halides is 2. The molecule has 0 spiro atoms. The number of hydrogen-bond acceptors (Lipinski definition) is 3. The number of hydrogen-bond donors (Lipinski definition) is 1. The van der Waals surface area contributed by atoms with Crippen molar-refractivity contribution in [2.75, 3.05) is 13.7 Å². The molecule has 0 atom stereocenters. The van der Waals surface area contributed by atoms with Crippen molar-refractivity contribution in [2.45, 2.75) is 19.5 Å². The van der Waals surface area contributed by atoms with Crippen molar-refractivity contribution in [1.82, 2.24) is 5.32 Å². The van der Waals surface area contributed by atoms with E-state index >= 15 is 0 Å². The summed E-state index contributed by atoms with van der Waals surface area (Å²) in [6, 6.07) is 13.7. The zero-order valence-electron chi connectivity index (χ0n) is 13.3. The molecule has 0 unspecified atom stereocenters. The van der Waals surface area contributed by atoms with E-state index in [2.05, 4.69) is 10.1 Å². The third-order valence-electron chi connectivity index (χ3n) is 3.43. The lowest BCUT2D eigenvalue weighted by atomic mass is 10.1. The topological polar surface area (TPSA) is 47.6 Å². The minimum atomic E-state index is -2.83. The second kappa shape index (κ2) is 8.86. The molecule has 0 aliphatic heterocycles. The highest BCUT2D eigenvalue weighted by Gasteiger charge is 2.08. The summed E-state index contributed by atoms with van der Waals surface area (Å²) in [5.74, 6) is 0.702. The minimum Gasteiger partial charge on any atom is -0.496 e. The molecule has 1 N–H and O–H groups in total. The van der Waals surface area contributed by atoms with Crippen LogP contribution in [-0.4, -0.2) is 26.2 Å². The van der Waals surface area contributed by atoms with E-state index in [4.69, 9.17) is 4.74 Å². The first-order chi connectivity index (χ1) is 11.6. The maximum Gasteiger partial charge on any atom is 0.387 e. The van der Waals surface area contributed by atoms with Gasteiger partial charge in [-0.1, -0.05) is 30.3 Å². The fourth-order valence-corrected chi connectivity index (χ4v) is 2.27. The van der Waals surface area contributed by atoms with Crippen molar-refractivity contribution in [1.29, 1.82) is 0 Å². The maximum atomic E-state index is 12.1. The van der Waals surface area contributed by atoms with Crippen molar-refractivity contribution < 1.29 is 23.0 Å². The third-order valence-corrected chi connectivity index (χ3v) is 3.43. The van der Waals surface area contributed by atoms with Crippen LogP contribution in [0.5, 0.6) is 11.5 Å². The number of amides is 1. The van der Waals surface area contributed by atoms with Crippen LogP contribution in [0.2, 0.25) is 0 Å². The Kier molecular flexibility index (Phi) is 6.54. The first kappa shape index (κ1) is 17.7. The fourth-order valence-electron chi connectivity index (χ4n) is 2.27. The molecule has 0 bridgehead atoms.